The van der Waals surface area contributed by atoms with Gasteiger partial charge in [0.05, 0.1) is 17.9 Å². The number of furan rings is 1. The second kappa shape index (κ2) is 6.28. The van der Waals surface area contributed by atoms with Crippen LogP contribution in [-0.2, 0) is 16.6 Å². The first-order valence-corrected chi connectivity index (χ1v) is 8.17. The van der Waals surface area contributed by atoms with Gasteiger partial charge < -0.3 is 9.73 Å². The second-order valence-corrected chi connectivity index (χ2v) is 6.31. The number of anilines is 1. The van der Waals surface area contributed by atoms with E-state index in [1.807, 2.05) is 6.92 Å². The molecule has 0 fully saturated rings. The van der Waals surface area contributed by atoms with Gasteiger partial charge in [-0.3, -0.25) is 9.71 Å². The van der Waals surface area contributed by atoms with Gasteiger partial charge in [0.25, 0.3) is 10.0 Å². The van der Waals surface area contributed by atoms with Crippen molar-refractivity contribution < 1.29 is 12.8 Å². The molecule has 0 saturated heterocycles. The van der Waals surface area contributed by atoms with Crippen molar-refractivity contribution in [1.82, 2.24) is 10.3 Å². The Morgan fingerprint density at radius 3 is 2.76 bits per heavy atom. The summed E-state index contributed by atoms with van der Waals surface area (Å²) >= 11 is 0. The standard InChI is InChI=1S/C14H19N3O3S/c1-4-15-9-12-8-14(11(3)20-12)21(18,19)17-13-6-5-7-16-10(13)2/h5-8,15,17H,4,9H2,1-3H3. The van der Waals surface area contributed by atoms with Gasteiger partial charge in [-0.2, -0.15) is 0 Å². The third kappa shape index (κ3) is 3.62. The average Bonchev–Trinajstić information content (AvgIpc) is 2.81. The molecule has 6 nitrogen and oxygen atoms in total. The highest BCUT2D eigenvalue weighted by Crippen LogP contribution is 2.23. The summed E-state index contributed by atoms with van der Waals surface area (Å²) in [4.78, 5) is 4.22. The molecule has 0 radical (unpaired) electrons. The Morgan fingerprint density at radius 1 is 1.33 bits per heavy atom. The van der Waals surface area contributed by atoms with Crippen molar-refractivity contribution in [2.45, 2.75) is 32.2 Å². The highest BCUT2D eigenvalue weighted by Gasteiger charge is 2.22. The molecule has 0 unspecified atom stereocenters. The zero-order valence-corrected chi connectivity index (χ0v) is 13.1. The highest BCUT2D eigenvalue weighted by atomic mass is 32.2. The molecular formula is C14H19N3O3S. The highest BCUT2D eigenvalue weighted by molar-refractivity contribution is 7.92. The van der Waals surface area contributed by atoms with Crippen molar-refractivity contribution in [1.29, 1.82) is 0 Å². The minimum Gasteiger partial charge on any atom is -0.464 e. The van der Waals surface area contributed by atoms with E-state index in [-0.39, 0.29) is 4.90 Å². The van der Waals surface area contributed by atoms with Gasteiger partial charge >= 0.3 is 0 Å². The number of aryl methyl sites for hydroxylation is 2. The summed E-state index contributed by atoms with van der Waals surface area (Å²) < 4.78 is 32.9. The molecule has 2 rings (SSSR count). The molecule has 0 saturated carbocycles. The zero-order valence-electron chi connectivity index (χ0n) is 12.3. The van der Waals surface area contributed by atoms with Crippen LogP contribution in [0.4, 0.5) is 5.69 Å². The number of pyridine rings is 1. The number of hydrogen-bond donors (Lipinski definition) is 2. The van der Waals surface area contributed by atoms with Crippen LogP contribution in [0.1, 0.15) is 24.1 Å². The first-order valence-electron chi connectivity index (χ1n) is 6.68. The van der Waals surface area contributed by atoms with E-state index in [0.717, 1.165) is 6.54 Å². The van der Waals surface area contributed by atoms with Gasteiger partial charge in [0, 0.05) is 12.3 Å². The number of rotatable bonds is 6. The van der Waals surface area contributed by atoms with Crippen molar-refractivity contribution in [2.24, 2.45) is 0 Å². The maximum Gasteiger partial charge on any atom is 0.265 e. The van der Waals surface area contributed by atoms with Crippen molar-refractivity contribution in [2.75, 3.05) is 11.3 Å². The molecule has 0 aromatic carbocycles. The summed E-state index contributed by atoms with van der Waals surface area (Å²) in [6.07, 6.45) is 1.62. The van der Waals surface area contributed by atoms with E-state index < -0.39 is 10.0 Å². The molecule has 7 heteroatoms. The maximum atomic E-state index is 12.4. The molecular weight excluding hydrogens is 290 g/mol. The molecule has 21 heavy (non-hydrogen) atoms. The Kier molecular flexibility index (Phi) is 4.64. The zero-order chi connectivity index (χ0) is 15.5. The number of nitrogens with one attached hydrogen (secondary N) is 2. The number of nitrogens with zero attached hydrogens (tertiary/aromatic N) is 1. The molecule has 2 N–H and O–H groups in total. The normalized spacial score (nSPS) is 11.6. The lowest BCUT2D eigenvalue weighted by Crippen LogP contribution is -2.14. The monoisotopic (exact) mass is 309 g/mol. The topological polar surface area (TPSA) is 84.2 Å². The van der Waals surface area contributed by atoms with E-state index in [0.29, 0.717) is 29.4 Å². The third-order valence-corrected chi connectivity index (χ3v) is 4.49. The number of aromatic nitrogens is 1. The predicted octanol–water partition coefficient (Wildman–Crippen LogP) is 2.20. The molecule has 2 aromatic heterocycles. The number of hydrogen-bond acceptors (Lipinski definition) is 5. The molecule has 0 aliphatic heterocycles. The van der Waals surface area contributed by atoms with Gasteiger partial charge in [0.2, 0.25) is 0 Å². The summed E-state index contributed by atoms with van der Waals surface area (Å²) in [7, 11) is -3.68. The van der Waals surface area contributed by atoms with Crippen molar-refractivity contribution in [3.05, 3.63) is 41.6 Å². The van der Waals surface area contributed by atoms with Crippen LogP contribution in [0.5, 0.6) is 0 Å². The van der Waals surface area contributed by atoms with Crippen LogP contribution in [0, 0.1) is 13.8 Å². The largest absolute Gasteiger partial charge is 0.464 e. The third-order valence-electron chi connectivity index (χ3n) is 3.01. The maximum absolute atomic E-state index is 12.4. The molecule has 2 heterocycles. The van der Waals surface area contributed by atoms with Crippen LogP contribution in [-0.4, -0.2) is 19.9 Å². The van der Waals surface area contributed by atoms with E-state index in [1.54, 1.807) is 38.2 Å². The number of sulfonamides is 1. The SMILES string of the molecule is CCNCc1cc(S(=O)(=O)Nc2cccnc2C)c(C)o1. The lowest BCUT2D eigenvalue weighted by atomic mass is 10.3. The molecule has 0 amide bonds. The summed E-state index contributed by atoms with van der Waals surface area (Å²) in [5, 5.41) is 3.10. The quantitative estimate of drug-likeness (QED) is 0.854. The van der Waals surface area contributed by atoms with Crippen LogP contribution in [0.3, 0.4) is 0 Å². The van der Waals surface area contributed by atoms with Gasteiger partial charge in [0.1, 0.15) is 16.4 Å². The van der Waals surface area contributed by atoms with Crippen LogP contribution in [0.2, 0.25) is 0 Å². The van der Waals surface area contributed by atoms with Gasteiger partial charge in [-0.1, -0.05) is 6.92 Å². The first kappa shape index (κ1) is 15.5. The van der Waals surface area contributed by atoms with Gasteiger partial charge in [-0.05, 0) is 32.5 Å². The Hall–Kier alpha value is -1.86. The van der Waals surface area contributed by atoms with Crippen molar-refractivity contribution in [3.63, 3.8) is 0 Å². The fourth-order valence-electron chi connectivity index (χ4n) is 1.92. The molecule has 0 spiro atoms. The molecule has 0 aliphatic rings. The summed E-state index contributed by atoms with van der Waals surface area (Å²) in [5.74, 6) is 0.967. The molecule has 2 aromatic rings. The van der Waals surface area contributed by atoms with Crippen LogP contribution >= 0.6 is 0 Å². The second-order valence-electron chi connectivity index (χ2n) is 4.66. The fourth-order valence-corrected chi connectivity index (χ4v) is 3.24. The van der Waals surface area contributed by atoms with E-state index in [4.69, 9.17) is 4.42 Å². The first-order chi connectivity index (χ1) is 9.94. The Bertz CT molecular complexity index is 723. The van der Waals surface area contributed by atoms with E-state index >= 15 is 0 Å². The molecule has 0 atom stereocenters. The van der Waals surface area contributed by atoms with Gasteiger partial charge in [0.15, 0.2) is 0 Å². The lowest BCUT2D eigenvalue weighted by molar-refractivity contribution is 0.460. The van der Waals surface area contributed by atoms with E-state index in [2.05, 4.69) is 15.0 Å². The molecule has 0 aliphatic carbocycles. The minimum absolute atomic E-state index is 0.152. The molecule has 0 bridgehead atoms. The Morgan fingerprint density at radius 2 is 2.10 bits per heavy atom. The van der Waals surface area contributed by atoms with Crippen molar-refractivity contribution in [3.8, 4) is 0 Å². The smallest absolute Gasteiger partial charge is 0.265 e. The van der Waals surface area contributed by atoms with Crippen LogP contribution in [0.25, 0.3) is 0 Å². The Balaban J connectivity index is 2.27. The van der Waals surface area contributed by atoms with Crippen molar-refractivity contribution >= 4 is 15.7 Å². The average molecular weight is 309 g/mol. The summed E-state index contributed by atoms with van der Waals surface area (Å²) in [5.41, 5.74) is 1.08. The van der Waals surface area contributed by atoms with Crippen LogP contribution < -0.4 is 10.0 Å². The lowest BCUT2D eigenvalue weighted by Gasteiger charge is -2.08. The minimum atomic E-state index is -3.68. The summed E-state index contributed by atoms with van der Waals surface area (Å²) in [6.45, 7) is 6.64. The van der Waals surface area contributed by atoms with E-state index in [1.165, 1.54) is 0 Å². The van der Waals surface area contributed by atoms with E-state index in [9.17, 15) is 8.42 Å². The van der Waals surface area contributed by atoms with Gasteiger partial charge in [-0.15, -0.1) is 0 Å². The van der Waals surface area contributed by atoms with Gasteiger partial charge in [-0.25, -0.2) is 8.42 Å². The van der Waals surface area contributed by atoms with Crippen LogP contribution in [0.15, 0.2) is 33.7 Å². The predicted molar refractivity (Wildman–Crippen MR) is 80.6 cm³/mol. The fraction of sp³-hybridized carbons (Fsp3) is 0.357. The summed E-state index contributed by atoms with van der Waals surface area (Å²) in [6, 6.07) is 4.91. The molecule has 114 valence electrons. The Labute approximate surface area is 124 Å².